The molecule has 4 aromatic rings. The Kier molecular flexibility index (Phi) is 3.35. The molecule has 0 amide bonds. The molecule has 0 saturated heterocycles. The van der Waals surface area contributed by atoms with Crippen molar-refractivity contribution in [1.82, 2.24) is 0 Å². The Hall–Kier alpha value is -3.40. The van der Waals surface area contributed by atoms with Crippen molar-refractivity contribution in [2.45, 2.75) is 0 Å². The molecule has 1 heterocycles. The highest BCUT2D eigenvalue weighted by Gasteiger charge is 2.16. The van der Waals surface area contributed by atoms with Crippen molar-refractivity contribution in [3.05, 3.63) is 89.0 Å². The molecule has 0 fully saturated rings. The first-order valence-corrected chi connectivity index (χ1v) is 7.55. The summed E-state index contributed by atoms with van der Waals surface area (Å²) >= 11 is 0. The fraction of sp³-hybridized carbons (Fsp3) is 0. The fourth-order valence-corrected chi connectivity index (χ4v) is 2.83. The van der Waals surface area contributed by atoms with Crippen LogP contribution in [0.4, 0.5) is 5.69 Å². The molecular formula is C20H13NO3. The minimum atomic E-state index is -0.380. The normalized spacial score (nSPS) is 10.8. The van der Waals surface area contributed by atoms with Crippen LogP contribution in [-0.2, 0) is 0 Å². The maximum Gasteiger partial charge on any atom is 0.270 e. The Balaban J connectivity index is 1.95. The molecule has 0 aliphatic carbocycles. The molecule has 0 aliphatic rings. The third-order valence-electron chi connectivity index (χ3n) is 3.99. The number of fused-ring (bicyclic) bond motifs is 1. The molecular weight excluding hydrogens is 302 g/mol. The maximum atomic E-state index is 11.2. The number of benzene rings is 3. The zero-order valence-corrected chi connectivity index (χ0v) is 12.7. The van der Waals surface area contributed by atoms with Gasteiger partial charge in [-0.15, -0.1) is 0 Å². The molecule has 4 nitrogen and oxygen atoms in total. The number of hydrogen-bond donors (Lipinski definition) is 0. The molecule has 3 aromatic carbocycles. The van der Waals surface area contributed by atoms with Gasteiger partial charge in [0.1, 0.15) is 11.3 Å². The lowest BCUT2D eigenvalue weighted by Gasteiger charge is -2.07. The van der Waals surface area contributed by atoms with Crippen LogP contribution in [0.2, 0.25) is 0 Å². The average molecular weight is 315 g/mol. The van der Waals surface area contributed by atoms with E-state index in [2.05, 4.69) is 0 Å². The van der Waals surface area contributed by atoms with Gasteiger partial charge in [-0.25, -0.2) is 0 Å². The van der Waals surface area contributed by atoms with Crippen LogP contribution in [0.1, 0.15) is 0 Å². The van der Waals surface area contributed by atoms with Gasteiger partial charge in [0.25, 0.3) is 5.69 Å². The smallest absolute Gasteiger partial charge is 0.270 e. The van der Waals surface area contributed by atoms with Gasteiger partial charge in [0.2, 0.25) is 0 Å². The van der Waals surface area contributed by atoms with Gasteiger partial charge >= 0.3 is 0 Å². The SMILES string of the molecule is O=[N+]([O-])c1ccc(-c2cc3ccccc3o2)c(-c2ccccc2)c1. The molecule has 0 aliphatic heterocycles. The molecule has 4 rings (SSSR count). The Labute approximate surface area is 138 Å². The van der Waals surface area contributed by atoms with Crippen LogP contribution < -0.4 is 0 Å². The molecule has 116 valence electrons. The number of nitrogens with zero attached hydrogens (tertiary/aromatic N) is 1. The van der Waals surface area contributed by atoms with E-state index in [4.69, 9.17) is 4.42 Å². The van der Waals surface area contributed by atoms with Crippen LogP contribution >= 0.6 is 0 Å². The Morgan fingerprint density at radius 1 is 0.792 bits per heavy atom. The van der Waals surface area contributed by atoms with E-state index in [9.17, 15) is 10.1 Å². The van der Waals surface area contributed by atoms with E-state index in [0.717, 1.165) is 27.7 Å². The number of rotatable bonds is 3. The lowest BCUT2D eigenvalue weighted by atomic mass is 9.97. The van der Waals surface area contributed by atoms with Gasteiger partial charge in [-0.2, -0.15) is 0 Å². The second-order valence-corrected chi connectivity index (χ2v) is 5.50. The summed E-state index contributed by atoms with van der Waals surface area (Å²) in [5.74, 6) is 0.699. The molecule has 0 bridgehead atoms. The van der Waals surface area contributed by atoms with Gasteiger partial charge in [0, 0.05) is 23.1 Å². The predicted octanol–water partition coefficient (Wildman–Crippen LogP) is 5.68. The zero-order chi connectivity index (χ0) is 16.5. The standard InChI is InChI=1S/C20H13NO3/c22-21(23)16-10-11-17(18(13-16)14-6-2-1-3-7-14)20-12-15-8-4-5-9-19(15)24-20/h1-13H. The lowest BCUT2D eigenvalue weighted by molar-refractivity contribution is -0.384. The summed E-state index contributed by atoms with van der Waals surface area (Å²) in [5, 5.41) is 12.2. The fourth-order valence-electron chi connectivity index (χ4n) is 2.83. The number of nitro benzene ring substituents is 1. The summed E-state index contributed by atoms with van der Waals surface area (Å²) in [7, 11) is 0. The Bertz CT molecular complexity index is 1000. The summed E-state index contributed by atoms with van der Waals surface area (Å²) in [4.78, 5) is 10.8. The van der Waals surface area contributed by atoms with Crippen molar-refractivity contribution in [2.75, 3.05) is 0 Å². The van der Waals surface area contributed by atoms with Crippen molar-refractivity contribution in [3.63, 3.8) is 0 Å². The summed E-state index contributed by atoms with van der Waals surface area (Å²) < 4.78 is 5.95. The molecule has 0 N–H and O–H groups in total. The number of furan rings is 1. The molecule has 1 aromatic heterocycles. The summed E-state index contributed by atoms with van der Waals surface area (Å²) in [6, 6.07) is 24.2. The second kappa shape index (κ2) is 5.66. The van der Waals surface area contributed by atoms with Crippen molar-refractivity contribution in [1.29, 1.82) is 0 Å². The third-order valence-corrected chi connectivity index (χ3v) is 3.99. The van der Waals surface area contributed by atoms with Crippen LogP contribution in [0.15, 0.2) is 83.3 Å². The number of non-ortho nitro benzene ring substituents is 1. The highest BCUT2D eigenvalue weighted by atomic mass is 16.6. The van der Waals surface area contributed by atoms with Crippen molar-refractivity contribution < 1.29 is 9.34 Å². The molecule has 0 atom stereocenters. The van der Waals surface area contributed by atoms with Gasteiger partial charge in [0.05, 0.1) is 4.92 Å². The summed E-state index contributed by atoms with van der Waals surface area (Å²) in [6.07, 6.45) is 0. The van der Waals surface area contributed by atoms with Crippen molar-refractivity contribution in [2.24, 2.45) is 0 Å². The monoisotopic (exact) mass is 315 g/mol. The van der Waals surface area contributed by atoms with E-state index in [-0.39, 0.29) is 10.6 Å². The summed E-state index contributed by atoms with van der Waals surface area (Å²) in [6.45, 7) is 0. The van der Waals surface area contributed by atoms with Gasteiger partial charge in [0.15, 0.2) is 0 Å². The molecule has 24 heavy (non-hydrogen) atoms. The number of para-hydroxylation sites is 1. The van der Waals surface area contributed by atoms with E-state index >= 15 is 0 Å². The lowest BCUT2D eigenvalue weighted by Crippen LogP contribution is -1.90. The van der Waals surface area contributed by atoms with Crippen LogP contribution in [0.25, 0.3) is 33.4 Å². The quantitative estimate of drug-likeness (QED) is 0.361. The van der Waals surface area contributed by atoms with Crippen LogP contribution in [0.3, 0.4) is 0 Å². The maximum absolute atomic E-state index is 11.2. The summed E-state index contributed by atoms with van der Waals surface area (Å²) in [5.41, 5.74) is 3.39. The van der Waals surface area contributed by atoms with Crippen molar-refractivity contribution >= 4 is 16.7 Å². The molecule has 0 saturated carbocycles. The first-order valence-electron chi connectivity index (χ1n) is 7.55. The Morgan fingerprint density at radius 2 is 1.54 bits per heavy atom. The van der Waals surface area contributed by atoms with Crippen LogP contribution in [0, 0.1) is 10.1 Å². The van der Waals surface area contributed by atoms with E-state index in [1.165, 1.54) is 6.07 Å². The van der Waals surface area contributed by atoms with Gasteiger partial charge in [-0.1, -0.05) is 48.5 Å². The van der Waals surface area contributed by atoms with Crippen LogP contribution in [0.5, 0.6) is 0 Å². The minimum absolute atomic E-state index is 0.0636. The van der Waals surface area contributed by atoms with E-state index in [1.54, 1.807) is 12.1 Å². The first-order chi connectivity index (χ1) is 11.7. The van der Waals surface area contributed by atoms with E-state index in [0.29, 0.717) is 5.76 Å². The van der Waals surface area contributed by atoms with Gasteiger partial charge in [-0.05, 0) is 29.3 Å². The van der Waals surface area contributed by atoms with E-state index < -0.39 is 0 Å². The van der Waals surface area contributed by atoms with Gasteiger partial charge < -0.3 is 4.42 Å². The topological polar surface area (TPSA) is 56.3 Å². The largest absolute Gasteiger partial charge is 0.456 e. The Morgan fingerprint density at radius 3 is 2.29 bits per heavy atom. The van der Waals surface area contributed by atoms with E-state index in [1.807, 2.05) is 60.7 Å². The predicted molar refractivity (Wildman–Crippen MR) is 93.7 cm³/mol. The second-order valence-electron chi connectivity index (χ2n) is 5.50. The molecule has 0 radical (unpaired) electrons. The molecule has 0 spiro atoms. The highest BCUT2D eigenvalue weighted by Crippen LogP contribution is 2.37. The number of nitro groups is 1. The number of hydrogen-bond acceptors (Lipinski definition) is 3. The molecule has 0 unspecified atom stereocenters. The molecule has 4 heteroatoms. The minimum Gasteiger partial charge on any atom is -0.456 e. The van der Waals surface area contributed by atoms with Gasteiger partial charge in [-0.3, -0.25) is 10.1 Å². The van der Waals surface area contributed by atoms with Crippen molar-refractivity contribution in [3.8, 4) is 22.5 Å². The third kappa shape index (κ3) is 2.44. The van der Waals surface area contributed by atoms with Crippen LogP contribution in [-0.4, -0.2) is 4.92 Å². The first kappa shape index (κ1) is 14.2. The zero-order valence-electron chi connectivity index (χ0n) is 12.7. The average Bonchev–Trinajstić information content (AvgIpc) is 3.06. The highest BCUT2D eigenvalue weighted by molar-refractivity contribution is 5.88.